The van der Waals surface area contributed by atoms with Crippen LogP contribution in [0, 0.1) is 0 Å². The normalized spacial score (nSPS) is 14.5. The zero-order valence-corrected chi connectivity index (χ0v) is 13.3. The molecule has 0 unspecified atom stereocenters. The number of ether oxygens (including phenoxy) is 1. The van der Waals surface area contributed by atoms with E-state index in [9.17, 15) is 0 Å². The minimum absolute atomic E-state index is 0.223. The van der Waals surface area contributed by atoms with Crippen molar-refractivity contribution in [2.75, 3.05) is 24.6 Å². The van der Waals surface area contributed by atoms with Gasteiger partial charge in [-0.2, -0.15) is 4.98 Å². The third kappa shape index (κ3) is 2.80. The summed E-state index contributed by atoms with van der Waals surface area (Å²) in [5.74, 6) is 2.97. The van der Waals surface area contributed by atoms with Gasteiger partial charge in [-0.3, -0.25) is 0 Å². The molecule has 0 atom stereocenters. The first-order valence-corrected chi connectivity index (χ1v) is 7.92. The highest BCUT2D eigenvalue weighted by Crippen LogP contribution is 2.31. The van der Waals surface area contributed by atoms with E-state index >= 15 is 0 Å². The average Bonchev–Trinajstić information content (AvgIpc) is 3.05. The van der Waals surface area contributed by atoms with Crippen LogP contribution in [0.25, 0.3) is 11.4 Å². The van der Waals surface area contributed by atoms with Crippen molar-refractivity contribution in [2.45, 2.75) is 12.8 Å². The van der Waals surface area contributed by atoms with E-state index in [1.165, 1.54) is 6.33 Å². The van der Waals surface area contributed by atoms with Crippen molar-refractivity contribution in [1.82, 2.24) is 20.1 Å². The molecule has 3 heterocycles. The molecule has 3 aromatic rings. The van der Waals surface area contributed by atoms with Crippen molar-refractivity contribution in [3.8, 4) is 17.3 Å². The second-order valence-electron chi connectivity index (χ2n) is 5.57. The molecule has 0 radical (unpaired) electrons. The van der Waals surface area contributed by atoms with E-state index in [-0.39, 0.29) is 5.92 Å². The second-order valence-corrected chi connectivity index (χ2v) is 5.57. The number of hydrogen-bond acceptors (Lipinski definition) is 7. The van der Waals surface area contributed by atoms with Crippen molar-refractivity contribution < 1.29 is 9.26 Å². The predicted octanol–water partition coefficient (Wildman–Crippen LogP) is 2.53. The molecular formula is C17H17N5O2. The van der Waals surface area contributed by atoms with Crippen LogP contribution in [0.1, 0.15) is 18.7 Å². The van der Waals surface area contributed by atoms with E-state index < -0.39 is 0 Å². The highest BCUT2D eigenvalue weighted by atomic mass is 16.5. The lowest BCUT2D eigenvalue weighted by molar-refractivity contribution is 0.322. The van der Waals surface area contributed by atoms with Crippen LogP contribution in [-0.4, -0.2) is 39.8 Å². The Balaban J connectivity index is 1.43. The van der Waals surface area contributed by atoms with Gasteiger partial charge in [0.15, 0.2) is 0 Å². The summed E-state index contributed by atoms with van der Waals surface area (Å²) >= 11 is 0. The van der Waals surface area contributed by atoms with Gasteiger partial charge in [0.2, 0.25) is 17.6 Å². The molecule has 0 spiro atoms. The lowest BCUT2D eigenvalue weighted by Crippen LogP contribution is -2.45. The molecule has 7 nitrogen and oxygen atoms in total. The fourth-order valence-electron chi connectivity index (χ4n) is 2.66. The Labute approximate surface area is 139 Å². The van der Waals surface area contributed by atoms with Crippen molar-refractivity contribution in [3.63, 3.8) is 0 Å². The third-order valence-corrected chi connectivity index (χ3v) is 3.95. The topological polar surface area (TPSA) is 77.2 Å². The molecule has 1 saturated heterocycles. The number of nitrogens with zero attached hydrogens (tertiary/aromatic N) is 5. The van der Waals surface area contributed by atoms with Crippen LogP contribution in [0.4, 0.5) is 5.82 Å². The summed E-state index contributed by atoms with van der Waals surface area (Å²) in [5.41, 5.74) is 0.959. The van der Waals surface area contributed by atoms with Gasteiger partial charge in [0, 0.05) is 24.7 Å². The Hall–Kier alpha value is -2.96. The van der Waals surface area contributed by atoms with E-state index in [1.54, 1.807) is 0 Å². The van der Waals surface area contributed by atoms with Gasteiger partial charge in [0.1, 0.15) is 12.1 Å². The van der Waals surface area contributed by atoms with E-state index in [1.807, 2.05) is 43.3 Å². The minimum atomic E-state index is 0.223. The quantitative estimate of drug-likeness (QED) is 0.714. The zero-order valence-electron chi connectivity index (χ0n) is 13.3. The van der Waals surface area contributed by atoms with Gasteiger partial charge < -0.3 is 14.2 Å². The van der Waals surface area contributed by atoms with Gasteiger partial charge in [-0.05, 0) is 6.92 Å². The van der Waals surface area contributed by atoms with Crippen molar-refractivity contribution >= 4 is 5.82 Å². The summed E-state index contributed by atoms with van der Waals surface area (Å²) in [7, 11) is 0. The lowest BCUT2D eigenvalue weighted by Gasteiger charge is -2.37. The molecule has 1 aliphatic heterocycles. The summed E-state index contributed by atoms with van der Waals surface area (Å²) < 4.78 is 10.8. The average molecular weight is 323 g/mol. The van der Waals surface area contributed by atoms with Crippen LogP contribution in [0.2, 0.25) is 0 Å². The third-order valence-electron chi connectivity index (χ3n) is 3.95. The molecular weight excluding hydrogens is 306 g/mol. The van der Waals surface area contributed by atoms with Crippen LogP contribution in [-0.2, 0) is 0 Å². The molecule has 122 valence electrons. The standard InChI is InChI=1S/C17H17N5O2/c1-2-23-15-8-14(18-11-19-15)22-9-13(10-22)17-20-16(21-24-17)12-6-4-3-5-7-12/h3-8,11,13H,2,9-10H2,1H3. The van der Waals surface area contributed by atoms with Crippen molar-refractivity contribution in [1.29, 1.82) is 0 Å². The first-order valence-electron chi connectivity index (χ1n) is 7.92. The summed E-state index contributed by atoms with van der Waals surface area (Å²) in [6.07, 6.45) is 1.52. The smallest absolute Gasteiger partial charge is 0.233 e. The molecule has 4 rings (SSSR count). The number of aromatic nitrogens is 4. The summed E-state index contributed by atoms with van der Waals surface area (Å²) in [4.78, 5) is 15.0. The maximum Gasteiger partial charge on any atom is 0.233 e. The van der Waals surface area contributed by atoms with Gasteiger partial charge >= 0.3 is 0 Å². The Morgan fingerprint density at radius 1 is 1.21 bits per heavy atom. The van der Waals surface area contributed by atoms with Gasteiger partial charge in [-0.15, -0.1) is 0 Å². The minimum Gasteiger partial charge on any atom is -0.478 e. The monoisotopic (exact) mass is 323 g/mol. The van der Waals surface area contributed by atoms with Crippen LogP contribution < -0.4 is 9.64 Å². The Bertz CT molecular complexity index is 815. The SMILES string of the molecule is CCOc1cc(N2CC(c3nc(-c4ccccc4)no3)C2)ncn1. The maximum absolute atomic E-state index is 5.42. The zero-order chi connectivity index (χ0) is 16.4. The van der Waals surface area contributed by atoms with Gasteiger partial charge in [-0.25, -0.2) is 9.97 Å². The molecule has 0 bridgehead atoms. The van der Waals surface area contributed by atoms with Gasteiger partial charge in [-0.1, -0.05) is 35.5 Å². The Morgan fingerprint density at radius 2 is 2.04 bits per heavy atom. The fraction of sp³-hybridized carbons (Fsp3) is 0.294. The Morgan fingerprint density at radius 3 is 2.83 bits per heavy atom. The van der Waals surface area contributed by atoms with E-state index in [0.717, 1.165) is 24.5 Å². The number of benzene rings is 1. The highest BCUT2D eigenvalue weighted by Gasteiger charge is 2.33. The van der Waals surface area contributed by atoms with Gasteiger partial charge in [0.25, 0.3) is 0 Å². The molecule has 1 aromatic carbocycles. The van der Waals surface area contributed by atoms with Gasteiger partial charge in [0.05, 0.1) is 12.5 Å². The molecule has 24 heavy (non-hydrogen) atoms. The number of rotatable bonds is 5. The second kappa shape index (κ2) is 6.27. The van der Waals surface area contributed by atoms with E-state index in [2.05, 4.69) is 25.0 Å². The molecule has 1 aliphatic rings. The number of hydrogen-bond donors (Lipinski definition) is 0. The number of anilines is 1. The molecule has 7 heteroatoms. The summed E-state index contributed by atoms with van der Waals surface area (Å²) in [6, 6.07) is 11.7. The summed E-state index contributed by atoms with van der Waals surface area (Å²) in [6.45, 7) is 4.10. The van der Waals surface area contributed by atoms with Crippen LogP contribution in [0.5, 0.6) is 5.88 Å². The first-order chi connectivity index (χ1) is 11.8. The lowest BCUT2D eigenvalue weighted by atomic mass is 10.0. The predicted molar refractivity (Wildman–Crippen MR) is 87.9 cm³/mol. The molecule has 0 saturated carbocycles. The van der Waals surface area contributed by atoms with Crippen LogP contribution in [0.3, 0.4) is 0 Å². The molecule has 2 aromatic heterocycles. The van der Waals surface area contributed by atoms with Crippen molar-refractivity contribution in [3.05, 3.63) is 48.6 Å². The fourth-order valence-corrected chi connectivity index (χ4v) is 2.66. The van der Waals surface area contributed by atoms with E-state index in [4.69, 9.17) is 9.26 Å². The van der Waals surface area contributed by atoms with Crippen LogP contribution >= 0.6 is 0 Å². The summed E-state index contributed by atoms with van der Waals surface area (Å²) in [5, 5.41) is 4.08. The highest BCUT2D eigenvalue weighted by molar-refractivity contribution is 5.54. The molecule has 0 amide bonds. The van der Waals surface area contributed by atoms with E-state index in [0.29, 0.717) is 24.2 Å². The largest absolute Gasteiger partial charge is 0.478 e. The first kappa shape index (κ1) is 14.6. The molecule has 0 aliphatic carbocycles. The van der Waals surface area contributed by atoms with Crippen LogP contribution in [0.15, 0.2) is 47.2 Å². The molecule has 0 N–H and O–H groups in total. The maximum atomic E-state index is 5.42. The molecule has 1 fully saturated rings. The Kier molecular flexibility index (Phi) is 3.82. The van der Waals surface area contributed by atoms with Crippen molar-refractivity contribution in [2.24, 2.45) is 0 Å².